The molecule has 0 fully saturated rings. The lowest BCUT2D eigenvalue weighted by Gasteiger charge is -2.08. The second kappa shape index (κ2) is 10.9. The molecule has 0 unspecified atom stereocenters. The Morgan fingerprint density at radius 3 is 2.70 bits per heavy atom. The Balaban J connectivity index is 1.35. The maximum atomic E-state index is 12.3. The van der Waals surface area contributed by atoms with E-state index in [9.17, 15) is 4.79 Å². The molecule has 1 aromatic heterocycles. The van der Waals surface area contributed by atoms with Gasteiger partial charge in [0.1, 0.15) is 18.1 Å². The number of carbonyl (C=O) groups is 1. The lowest BCUT2D eigenvalue weighted by molar-refractivity contribution is 0.0950. The van der Waals surface area contributed by atoms with Gasteiger partial charge in [0.15, 0.2) is 0 Å². The number of halogens is 1. The van der Waals surface area contributed by atoms with Crippen molar-refractivity contribution in [3.05, 3.63) is 113 Å². The average Bonchev–Trinajstić information content (AvgIpc) is 3.35. The molecular formula is C26H21ClN4O2. The number of benzene rings is 3. The number of H-pyrrole nitrogens is 1. The van der Waals surface area contributed by atoms with E-state index in [0.717, 1.165) is 16.7 Å². The second-order valence-electron chi connectivity index (χ2n) is 7.06. The number of aromatic nitrogens is 2. The molecular weight excluding hydrogens is 436 g/mol. The Morgan fingerprint density at radius 1 is 1.03 bits per heavy atom. The van der Waals surface area contributed by atoms with Crippen molar-refractivity contribution in [2.24, 2.45) is 5.10 Å². The standard InChI is InChI=1S/C26H21ClN4O2/c27-23-14-5-4-11-21(23)18-33-22-13-6-12-20(16-22)24-17-25(30-29-24)26(32)31-28-15-7-10-19-8-2-1-3-9-19/h1-17H,18H2,(H,29,30)(H,31,32)/b10-7+,28-15+. The summed E-state index contributed by atoms with van der Waals surface area (Å²) in [6.07, 6.45) is 5.16. The number of aromatic amines is 1. The molecule has 4 aromatic rings. The van der Waals surface area contributed by atoms with E-state index in [2.05, 4.69) is 20.7 Å². The van der Waals surface area contributed by atoms with Crippen molar-refractivity contribution < 1.29 is 9.53 Å². The van der Waals surface area contributed by atoms with Gasteiger partial charge in [0.25, 0.3) is 5.91 Å². The molecule has 0 aliphatic heterocycles. The number of nitrogens with one attached hydrogen (secondary N) is 2. The number of amides is 1. The predicted molar refractivity (Wildman–Crippen MR) is 131 cm³/mol. The topological polar surface area (TPSA) is 79.4 Å². The third-order valence-corrected chi connectivity index (χ3v) is 5.09. The normalized spacial score (nSPS) is 11.2. The molecule has 0 aliphatic rings. The fourth-order valence-electron chi connectivity index (χ4n) is 3.03. The minimum absolute atomic E-state index is 0.302. The molecule has 0 bridgehead atoms. The first-order valence-electron chi connectivity index (χ1n) is 10.3. The number of ether oxygens (including phenoxy) is 1. The lowest BCUT2D eigenvalue weighted by Crippen LogP contribution is -2.17. The molecule has 1 heterocycles. The quantitative estimate of drug-likeness (QED) is 0.262. The first-order valence-corrected chi connectivity index (χ1v) is 10.6. The molecule has 2 N–H and O–H groups in total. The van der Waals surface area contributed by atoms with Crippen LogP contribution in [-0.4, -0.2) is 22.3 Å². The first kappa shape index (κ1) is 22.0. The van der Waals surface area contributed by atoms with Gasteiger partial charge in [-0.15, -0.1) is 0 Å². The summed E-state index contributed by atoms with van der Waals surface area (Å²) < 4.78 is 5.87. The molecule has 0 saturated carbocycles. The van der Waals surface area contributed by atoms with Crippen LogP contribution in [0, 0.1) is 0 Å². The van der Waals surface area contributed by atoms with Crippen LogP contribution in [0.1, 0.15) is 21.6 Å². The SMILES string of the molecule is O=C(N/N=C/C=C/c1ccccc1)c1cc(-c2cccc(OCc3ccccc3Cl)c2)n[nH]1. The number of rotatable bonds is 8. The van der Waals surface area contributed by atoms with E-state index in [1.165, 1.54) is 6.21 Å². The van der Waals surface area contributed by atoms with E-state index in [-0.39, 0.29) is 5.91 Å². The highest BCUT2D eigenvalue weighted by atomic mass is 35.5. The van der Waals surface area contributed by atoms with Gasteiger partial charge in [-0.3, -0.25) is 9.89 Å². The third kappa shape index (κ3) is 6.18. The van der Waals surface area contributed by atoms with Gasteiger partial charge in [-0.25, -0.2) is 5.43 Å². The monoisotopic (exact) mass is 456 g/mol. The summed E-state index contributed by atoms with van der Waals surface area (Å²) >= 11 is 6.19. The molecule has 0 saturated heterocycles. The number of allylic oxidation sites excluding steroid dienone is 1. The van der Waals surface area contributed by atoms with Crippen LogP contribution in [0.25, 0.3) is 17.3 Å². The van der Waals surface area contributed by atoms with Gasteiger partial charge in [0.2, 0.25) is 0 Å². The number of hydrazone groups is 1. The maximum Gasteiger partial charge on any atom is 0.289 e. The molecule has 33 heavy (non-hydrogen) atoms. The molecule has 0 atom stereocenters. The van der Waals surface area contributed by atoms with Crippen molar-refractivity contribution in [2.45, 2.75) is 6.61 Å². The highest BCUT2D eigenvalue weighted by Gasteiger charge is 2.11. The molecule has 0 spiro atoms. The van der Waals surface area contributed by atoms with Crippen LogP contribution in [0.3, 0.4) is 0 Å². The zero-order valence-electron chi connectivity index (χ0n) is 17.6. The van der Waals surface area contributed by atoms with E-state index >= 15 is 0 Å². The molecule has 164 valence electrons. The van der Waals surface area contributed by atoms with Crippen LogP contribution in [0.15, 0.2) is 96.1 Å². The summed E-state index contributed by atoms with van der Waals surface area (Å²) in [5.74, 6) is 0.292. The van der Waals surface area contributed by atoms with E-state index in [1.54, 1.807) is 12.1 Å². The van der Waals surface area contributed by atoms with Gasteiger partial charge in [0.05, 0.1) is 5.69 Å². The van der Waals surface area contributed by atoms with Crippen LogP contribution in [-0.2, 0) is 6.61 Å². The Hall–Kier alpha value is -4.16. The number of carbonyl (C=O) groups excluding carboxylic acids is 1. The third-order valence-electron chi connectivity index (χ3n) is 4.72. The summed E-state index contributed by atoms with van der Waals surface area (Å²) in [4.78, 5) is 12.3. The van der Waals surface area contributed by atoms with Gasteiger partial charge < -0.3 is 4.74 Å². The van der Waals surface area contributed by atoms with Gasteiger partial charge in [-0.05, 0) is 35.9 Å². The Labute approximate surface area is 196 Å². The smallest absolute Gasteiger partial charge is 0.289 e. The highest BCUT2D eigenvalue weighted by molar-refractivity contribution is 6.31. The van der Waals surface area contributed by atoms with Gasteiger partial charge in [-0.2, -0.15) is 10.2 Å². The van der Waals surface area contributed by atoms with E-state index in [0.29, 0.717) is 28.8 Å². The predicted octanol–water partition coefficient (Wildman–Crippen LogP) is 5.74. The van der Waals surface area contributed by atoms with Gasteiger partial charge >= 0.3 is 0 Å². The van der Waals surface area contributed by atoms with Crippen molar-refractivity contribution in [1.82, 2.24) is 15.6 Å². The minimum Gasteiger partial charge on any atom is -0.489 e. The van der Waals surface area contributed by atoms with Crippen LogP contribution in [0.4, 0.5) is 0 Å². The van der Waals surface area contributed by atoms with Gasteiger partial charge in [-0.1, -0.05) is 78.3 Å². The summed E-state index contributed by atoms with van der Waals surface area (Å²) in [5, 5.41) is 11.6. The second-order valence-corrected chi connectivity index (χ2v) is 7.47. The number of nitrogens with zero attached hydrogens (tertiary/aromatic N) is 2. The summed E-state index contributed by atoms with van der Waals surface area (Å²) in [6.45, 7) is 0.355. The zero-order chi connectivity index (χ0) is 22.9. The fourth-order valence-corrected chi connectivity index (χ4v) is 3.22. The number of hydrogen-bond donors (Lipinski definition) is 2. The Kier molecular flexibility index (Phi) is 7.30. The lowest BCUT2D eigenvalue weighted by atomic mass is 10.1. The van der Waals surface area contributed by atoms with Crippen LogP contribution in [0.2, 0.25) is 5.02 Å². The van der Waals surface area contributed by atoms with Gasteiger partial charge in [0, 0.05) is 22.4 Å². The van der Waals surface area contributed by atoms with Crippen molar-refractivity contribution >= 4 is 29.8 Å². The van der Waals surface area contributed by atoms with Crippen molar-refractivity contribution in [3.63, 3.8) is 0 Å². The molecule has 1 amide bonds. The molecule has 3 aromatic carbocycles. The van der Waals surface area contributed by atoms with Crippen LogP contribution in [0.5, 0.6) is 5.75 Å². The number of hydrogen-bond acceptors (Lipinski definition) is 4. The zero-order valence-corrected chi connectivity index (χ0v) is 18.4. The van der Waals surface area contributed by atoms with Crippen molar-refractivity contribution in [1.29, 1.82) is 0 Å². The van der Waals surface area contributed by atoms with Crippen LogP contribution >= 0.6 is 11.6 Å². The van der Waals surface area contributed by atoms with E-state index < -0.39 is 0 Å². The molecule has 0 radical (unpaired) electrons. The maximum absolute atomic E-state index is 12.3. The first-order chi connectivity index (χ1) is 16.2. The summed E-state index contributed by atoms with van der Waals surface area (Å²) in [5.41, 5.74) is 6.17. The Bertz CT molecular complexity index is 1280. The molecule has 7 heteroatoms. The fraction of sp³-hybridized carbons (Fsp3) is 0.0385. The molecule has 6 nitrogen and oxygen atoms in total. The molecule has 0 aliphatic carbocycles. The summed E-state index contributed by atoms with van der Waals surface area (Å²) in [6, 6.07) is 26.5. The van der Waals surface area contributed by atoms with E-state index in [1.807, 2.05) is 84.9 Å². The van der Waals surface area contributed by atoms with Crippen molar-refractivity contribution in [3.8, 4) is 17.0 Å². The highest BCUT2D eigenvalue weighted by Crippen LogP contribution is 2.24. The summed E-state index contributed by atoms with van der Waals surface area (Å²) in [7, 11) is 0. The Morgan fingerprint density at radius 2 is 1.85 bits per heavy atom. The largest absolute Gasteiger partial charge is 0.489 e. The van der Waals surface area contributed by atoms with Crippen molar-refractivity contribution in [2.75, 3.05) is 0 Å². The minimum atomic E-state index is -0.385. The van der Waals surface area contributed by atoms with E-state index in [4.69, 9.17) is 16.3 Å². The van der Waals surface area contributed by atoms with Crippen LogP contribution < -0.4 is 10.2 Å². The average molecular weight is 457 g/mol. The molecule has 4 rings (SSSR count).